The number of rotatable bonds is 5. The number of nitrogens with one attached hydrogen (secondary N) is 1. The lowest BCUT2D eigenvalue weighted by molar-refractivity contribution is 0.340. The Morgan fingerprint density at radius 3 is 2.50 bits per heavy atom. The maximum Gasteiger partial charge on any atom is 0.216 e. The Balaban J connectivity index is 2.04. The van der Waals surface area contributed by atoms with Crippen LogP contribution in [-0.2, 0) is 0 Å². The number of phenolic OH excluding ortho intramolecular Hbond substituents is 1. The lowest BCUT2D eigenvalue weighted by atomic mass is 10.2. The highest BCUT2D eigenvalue weighted by atomic mass is 35.5. The van der Waals surface area contributed by atoms with Gasteiger partial charge in [0, 0.05) is 11.1 Å². The van der Waals surface area contributed by atoms with Gasteiger partial charge >= 0.3 is 0 Å². The first-order valence-corrected chi connectivity index (χ1v) is 8.25. The normalized spacial score (nSPS) is 11.0. The highest BCUT2D eigenvalue weighted by molar-refractivity contribution is 7.71. The van der Waals surface area contributed by atoms with E-state index >= 15 is 0 Å². The molecule has 2 aromatic carbocycles. The van der Waals surface area contributed by atoms with Crippen LogP contribution < -0.4 is 9.47 Å². The Kier molecular flexibility index (Phi) is 5.24. The van der Waals surface area contributed by atoms with Gasteiger partial charge in [0.2, 0.25) is 10.5 Å². The van der Waals surface area contributed by atoms with E-state index in [-0.39, 0.29) is 17.2 Å². The number of H-pyrrole nitrogens is 1. The van der Waals surface area contributed by atoms with Gasteiger partial charge in [-0.05, 0) is 36.5 Å². The van der Waals surface area contributed by atoms with Gasteiger partial charge in [0.15, 0.2) is 17.3 Å². The summed E-state index contributed by atoms with van der Waals surface area (Å²) in [5.74, 6) is 0.944. The maximum atomic E-state index is 9.99. The number of aromatic nitrogens is 3. The van der Waals surface area contributed by atoms with Crippen LogP contribution in [0.25, 0.3) is 11.4 Å². The van der Waals surface area contributed by atoms with Crippen LogP contribution in [0.5, 0.6) is 17.2 Å². The van der Waals surface area contributed by atoms with E-state index in [1.165, 1.54) is 18.9 Å². The molecule has 7 nitrogen and oxygen atoms in total. The van der Waals surface area contributed by atoms with E-state index in [4.69, 9.17) is 33.3 Å². The third-order valence-electron chi connectivity index (χ3n) is 3.59. The van der Waals surface area contributed by atoms with Crippen LogP contribution in [0.3, 0.4) is 0 Å². The molecule has 134 valence electrons. The molecule has 9 heteroatoms. The van der Waals surface area contributed by atoms with E-state index in [1.807, 2.05) is 18.2 Å². The van der Waals surface area contributed by atoms with E-state index < -0.39 is 0 Å². The fourth-order valence-corrected chi connectivity index (χ4v) is 2.73. The Morgan fingerprint density at radius 1 is 1.23 bits per heavy atom. The first kappa shape index (κ1) is 18.0. The summed E-state index contributed by atoms with van der Waals surface area (Å²) in [6.45, 7) is 0. The van der Waals surface area contributed by atoms with Gasteiger partial charge < -0.3 is 14.6 Å². The van der Waals surface area contributed by atoms with Crippen molar-refractivity contribution in [3.05, 3.63) is 51.8 Å². The van der Waals surface area contributed by atoms with Crippen LogP contribution in [0.15, 0.2) is 41.5 Å². The third-order valence-corrected chi connectivity index (χ3v) is 4.18. The first-order chi connectivity index (χ1) is 12.5. The SMILES string of the molecule is COc1cc(C=Nn2c(-c3ccccc3Cl)n[nH]c2=S)cc(OC)c1O. The summed E-state index contributed by atoms with van der Waals surface area (Å²) in [6.07, 6.45) is 1.55. The van der Waals surface area contributed by atoms with E-state index in [9.17, 15) is 5.11 Å². The quantitative estimate of drug-likeness (QED) is 0.510. The van der Waals surface area contributed by atoms with Crippen molar-refractivity contribution in [3.8, 4) is 28.6 Å². The molecule has 26 heavy (non-hydrogen) atoms. The number of phenols is 1. The van der Waals surface area contributed by atoms with E-state index in [1.54, 1.807) is 24.4 Å². The van der Waals surface area contributed by atoms with Crippen LogP contribution in [0.2, 0.25) is 5.02 Å². The highest BCUT2D eigenvalue weighted by Crippen LogP contribution is 2.36. The van der Waals surface area contributed by atoms with Crippen LogP contribution in [0, 0.1) is 4.77 Å². The predicted octanol–water partition coefficient (Wildman–Crippen LogP) is 3.87. The largest absolute Gasteiger partial charge is 0.502 e. The molecule has 3 rings (SSSR count). The van der Waals surface area contributed by atoms with Gasteiger partial charge in [0.1, 0.15) is 0 Å². The Labute approximate surface area is 159 Å². The molecule has 0 saturated carbocycles. The van der Waals surface area contributed by atoms with E-state index in [2.05, 4.69) is 15.3 Å². The number of aromatic hydroxyl groups is 1. The summed E-state index contributed by atoms with van der Waals surface area (Å²) in [4.78, 5) is 0. The highest BCUT2D eigenvalue weighted by Gasteiger charge is 2.13. The summed E-state index contributed by atoms with van der Waals surface area (Å²) in [5, 5.41) is 21.8. The van der Waals surface area contributed by atoms with Crippen molar-refractivity contribution in [2.24, 2.45) is 5.10 Å². The molecule has 0 atom stereocenters. The average Bonchev–Trinajstić information content (AvgIpc) is 3.01. The predicted molar refractivity (Wildman–Crippen MR) is 102 cm³/mol. The fraction of sp³-hybridized carbons (Fsp3) is 0.118. The Hall–Kier alpha value is -2.84. The van der Waals surface area contributed by atoms with Gasteiger partial charge in [-0.15, -0.1) is 0 Å². The van der Waals surface area contributed by atoms with Crippen molar-refractivity contribution >= 4 is 30.0 Å². The molecular weight excluding hydrogens is 376 g/mol. The third kappa shape index (κ3) is 3.42. The van der Waals surface area contributed by atoms with Gasteiger partial charge in [-0.2, -0.15) is 14.9 Å². The second-order valence-electron chi connectivity index (χ2n) is 5.16. The van der Waals surface area contributed by atoms with Crippen LogP contribution in [-0.4, -0.2) is 40.4 Å². The van der Waals surface area contributed by atoms with Crippen LogP contribution >= 0.6 is 23.8 Å². The molecule has 0 aliphatic rings. The minimum Gasteiger partial charge on any atom is -0.502 e. The number of benzene rings is 2. The molecule has 0 saturated heterocycles. The first-order valence-electron chi connectivity index (χ1n) is 7.46. The Bertz CT molecular complexity index is 1000. The van der Waals surface area contributed by atoms with E-state index in [0.29, 0.717) is 26.7 Å². The number of aromatic amines is 1. The summed E-state index contributed by atoms with van der Waals surface area (Å²) in [5.41, 5.74) is 1.34. The van der Waals surface area contributed by atoms with Crippen molar-refractivity contribution in [2.75, 3.05) is 14.2 Å². The lowest BCUT2D eigenvalue weighted by Gasteiger charge is -2.09. The lowest BCUT2D eigenvalue weighted by Crippen LogP contribution is -1.97. The van der Waals surface area contributed by atoms with Crippen molar-refractivity contribution in [1.82, 2.24) is 14.9 Å². The average molecular weight is 391 g/mol. The molecule has 0 fully saturated rings. The monoisotopic (exact) mass is 390 g/mol. The van der Waals surface area contributed by atoms with Gasteiger partial charge in [-0.1, -0.05) is 23.7 Å². The molecule has 0 radical (unpaired) electrons. The number of halogens is 1. The number of ether oxygens (including phenoxy) is 2. The molecule has 1 aromatic heterocycles. The van der Waals surface area contributed by atoms with Crippen molar-refractivity contribution < 1.29 is 14.6 Å². The van der Waals surface area contributed by atoms with Gasteiger partial charge in [-0.25, -0.2) is 5.10 Å². The molecular formula is C17H15ClN4O3S. The number of hydrogen-bond donors (Lipinski definition) is 2. The molecule has 2 N–H and O–H groups in total. The van der Waals surface area contributed by atoms with E-state index in [0.717, 1.165) is 0 Å². The number of methoxy groups -OCH3 is 2. The second-order valence-corrected chi connectivity index (χ2v) is 5.96. The molecule has 0 spiro atoms. The zero-order valence-electron chi connectivity index (χ0n) is 13.9. The van der Waals surface area contributed by atoms with Crippen molar-refractivity contribution in [1.29, 1.82) is 0 Å². The minimum atomic E-state index is -0.0798. The fourth-order valence-electron chi connectivity index (χ4n) is 2.33. The van der Waals surface area contributed by atoms with Crippen LogP contribution in [0.1, 0.15) is 5.56 Å². The smallest absolute Gasteiger partial charge is 0.216 e. The summed E-state index contributed by atoms with van der Waals surface area (Å²) in [6, 6.07) is 10.5. The molecule has 0 aliphatic carbocycles. The molecule has 0 unspecified atom stereocenters. The summed E-state index contributed by atoms with van der Waals surface area (Å²) in [7, 11) is 2.91. The minimum absolute atomic E-state index is 0.0798. The Morgan fingerprint density at radius 2 is 1.88 bits per heavy atom. The number of hydrogen-bond acceptors (Lipinski definition) is 6. The zero-order chi connectivity index (χ0) is 18.7. The topological polar surface area (TPSA) is 84.7 Å². The maximum absolute atomic E-state index is 9.99. The van der Waals surface area contributed by atoms with Crippen molar-refractivity contribution in [2.45, 2.75) is 0 Å². The van der Waals surface area contributed by atoms with Crippen molar-refractivity contribution in [3.63, 3.8) is 0 Å². The molecule has 1 heterocycles. The zero-order valence-corrected chi connectivity index (χ0v) is 15.5. The van der Waals surface area contributed by atoms with Gasteiger partial charge in [-0.3, -0.25) is 0 Å². The standard InChI is InChI=1S/C17H15ClN4O3S/c1-24-13-7-10(8-14(25-2)15(13)23)9-19-22-16(20-21-17(22)26)11-5-3-4-6-12(11)18/h3-9,23H,1-2H3,(H,21,26). The summed E-state index contributed by atoms with van der Waals surface area (Å²) < 4.78 is 12.1. The van der Waals surface area contributed by atoms with Crippen LogP contribution in [0.4, 0.5) is 0 Å². The molecule has 0 amide bonds. The second kappa shape index (κ2) is 7.59. The molecule has 3 aromatic rings. The van der Waals surface area contributed by atoms with Gasteiger partial charge in [0.05, 0.1) is 25.5 Å². The number of nitrogens with zero attached hydrogens (tertiary/aromatic N) is 3. The molecule has 0 aliphatic heterocycles. The van der Waals surface area contributed by atoms with Gasteiger partial charge in [0.25, 0.3) is 0 Å². The molecule has 0 bridgehead atoms. The summed E-state index contributed by atoms with van der Waals surface area (Å²) >= 11 is 11.5.